The Balaban J connectivity index is 4.17. The summed E-state index contributed by atoms with van der Waals surface area (Å²) in [5.74, 6) is -0.616. The van der Waals surface area contributed by atoms with Gasteiger partial charge in [0.1, 0.15) is 0 Å². The van der Waals surface area contributed by atoms with Gasteiger partial charge in [-0.1, -0.05) is 13.5 Å². The number of phosphoric acid groups is 1. The van der Waals surface area contributed by atoms with Gasteiger partial charge in [-0.2, -0.15) is 4.62 Å². The second-order valence-corrected chi connectivity index (χ2v) is 4.05. The lowest BCUT2D eigenvalue weighted by Gasteiger charge is -2.15. The van der Waals surface area contributed by atoms with Gasteiger partial charge in [-0.05, 0) is 19.4 Å². The lowest BCUT2D eigenvalue weighted by Crippen LogP contribution is -2.21. The number of amides is 1. The second kappa shape index (κ2) is 7.59. The first-order chi connectivity index (χ1) is 7.08. The Morgan fingerprint density at radius 1 is 1.47 bits per heavy atom. The average Bonchev–Trinajstić information content (AvgIpc) is 2.24. The molecule has 0 heterocycles. The molecule has 0 rings (SSSR count). The summed E-state index contributed by atoms with van der Waals surface area (Å²) in [4.78, 5) is 10.8. The van der Waals surface area contributed by atoms with Gasteiger partial charge in [-0.25, -0.2) is 10.0 Å². The molecule has 1 atom stereocenters. The number of nitrogens with one attached hydrogen (secondary N) is 1. The molecule has 1 amide bonds. The normalized spacial score (nSPS) is 14.3. The molecule has 0 aliphatic carbocycles. The fourth-order valence-corrected chi connectivity index (χ4v) is 1.70. The van der Waals surface area contributed by atoms with E-state index in [1.807, 2.05) is 12.4 Å². The zero-order valence-corrected chi connectivity index (χ0v) is 9.79. The van der Waals surface area contributed by atoms with E-state index < -0.39 is 13.7 Å². The third-order valence-electron chi connectivity index (χ3n) is 1.18. The Morgan fingerprint density at radius 3 is 2.60 bits per heavy atom. The zero-order chi connectivity index (χ0) is 11.7. The van der Waals surface area contributed by atoms with Crippen LogP contribution in [0.1, 0.15) is 20.3 Å². The molecular formula is C8H16NO5P. The van der Waals surface area contributed by atoms with Gasteiger partial charge in [-0.3, -0.25) is 13.8 Å². The van der Waals surface area contributed by atoms with Crippen LogP contribution in [0.15, 0.2) is 12.7 Å². The molecule has 0 saturated carbocycles. The smallest absolute Gasteiger partial charge is 0.286 e. The predicted octanol–water partition coefficient (Wildman–Crippen LogP) is 1.79. The van der Waals surface area contributed by atoms with Crippen molar-refractivity contribution < 1.29 is 23.0 Å². The second-order valence-electron chi connectivity index (χ2n) is 2.46. The third-order valence-corrected chi connectivity index (χ3v) is 2.57. The van der Waals surface area contributed by atoms with E-state index in [0.29, 0.717) is 6.42 Å². The molecule has 0 radical (unpaired) electrons. The van der Waals surface area contributed by atoms with Crippen LogP contribution in [0.2, 0.25) is 0 Å². The van der Waals surface area contributed by atoms with Gasteiger partial charge in [0.15, 0.2) is 0 Å². The summed E-state index contributed by atoms with van der Waals surface area (Å²) in [5.41, 5.74) is 1.90. The van der Waals surface area contributed by atoms with E-state index in [4.69, 9.17) is 9.05 Å². The van der Waals surface area contributed by atoms with Crippen LogP contribution in [0.5, 0.6) is 0 Å². The van der Waals surface area contributed by atoms with Crippen molar-refractivity contribution in [2.24, 2.45) is 0 Å². The molecule has 0 aliphatic rings. The largest absolute Gasteiger partial charge is 0.496 e. The number of hydrogen-bond acceptors (Lipinski definition) is 5. The molecular weight excluding hydrogens is 221 g/mol. The number of phosphoric ester groups is 1. The van der Waals surface area contributed by atoms with Crippen molar-refractivity contribution in [3.8, 4) is 0 Å². The first-order valence-corrected chi connectivity index (χ1v) is 6.04. The van der Waals surface area contributed by atoms with E-state index in [2.05, 4.69) is 11.2 Å². The lowest BCUT2D eigenvalue weighted by molar-refractivity contribution is -0.124. The summed E-state index contributed by atoms with van der Waals surface area (Å²) in [5, 5.41) is 0. The first-order valence-electron chi connectivity index (χ1n) is 4.58. The average molecular weight is 237 g/mol. The Kier molecular flexibility index (Phi) is 7.25. The van der Waals surface area contributed by atoms with Crippen molar-refractivity contribution in [1.29, 1.82) is 0 Å². The van der Waals surface area contributed by atoms with Crippen LogP contribution in [0.3, 0.4) is 0 Å². The lowest BCUT2D eigenvalue weighted by atomic mass is 10.5. The van der Waals surface area contributed by atoms with E-state index in [-0.39, 0.29) is 13.2 Å². The molecule has 0 saturated heterocycles. The topological polar surface area (TPSA) is 73.9 Å². The van der Waals surface area contributed by atoms with Gasteiger partial charge in [0.05, 0.1) is 13.2 Å². The monoisotopic (exact) mass is 237 g/mol. The predicted molar refractivity (Wildman–Crippen MR) is 54.9 cm³/mol. The Morgan fingerprint density at radius 2 is 2.13 bits per heavy atom. The van der Waals surface area contributed by atoms with Crippen LogP contribution in [0, 0.1) is 0 Å². The van der Waals surface area contributed by atoms with Crippen molar-refractivity contribution in [2.45, 2.75) is 20.3 Å². The highest BCUT2D eigenvalue weighted by Crippen LogP contribution is 2.48. The van der Waals surface area contributed by atoms with E-state index in [1.54, 1.807) is 6.92 Å². The molecule has 0 spiro atoms. The number of carbonyl (C=O) groups excluding carboxylic acids is 1. The molecule has 1 N–H and O–H groups in total. The van der Waals surface area contributed by atoms with Crippen molar-refractivity contribution in [3.05, 3.63) is 12.7 Å². The highest BCUT2D eigenvalue weighted by Gasteiger charge is 2.27. The Hall–Kier alpha value is -0.680. The van der Waals surface area contributed by atoms with Gasteiger partial charge in [-0.15, -0.1) is 0 Å². The minimum atomic E-state index is -3.68. The van der Waals surface area contributed by atoms with E-state index in [0.717, 1.165) is 6.08 Å². The summed E-state index contributed by atoms with van der Waals surface area (Å²) in [7, 11) is -3.68. The maximum Gasteiger partial charge on any atom is 0.496 e. The summed E-state index contributed by atoms with van der Waals surface area (Å²) in [6.45, 7) is 7.07. The molecule has 0 aromatic carbocycles. The van der Waals surface area contributed by atoms with Crippen LogP contribution in [-0.2, 0) is 23.0 Å². The summed E-state index contributed by atoms with van der Waals surface area (Å²) in [6, 6.07) is 0. The first kappa shape index (κ1) is 14.3. The van der Waals surface area contributed by atoms with Crippen LogP contribution in [0.4, 0.5) is 0 Å². The molecule has 0 aliphatic heterocycles. The quantitative estimate of drug-likeness (QED) is 0.395. The number of carbonyl (C=O) groups is 1. The van der Waals surface area contributed by atoms with Crippen LogP contribution >= 0.6 is 7.82 Å². The molecule has 7 heteroatoms. The molecule has 1 unspecified atom stereocenters. The SMILES string of the molecule is C=CC(=O)NOP(=O)(OCC)OCCC. The molecule has 88 valence electrons. The Labute approximate surface area is 89.2 Å². The van der Waals surface area contributed by atoms with Gasteiger partial charge < -0.3 is 0 Å². The van der Waals surface area contributed by atoms with E-state index in [9.17, 15) is 9.36 Å². The van der Waals surface area contributed by atoms with E-state index >= 15 is 0 Å². The number of rotatable bonds is 8. The van der Waals surface area contributed by atoms with Gasteiger partial charge in [0.2, 0.25) is 0 Å². The van der Waals surface area contributed by atoms with Crippen LogP contribution < -0.4 is 5.48 Å². The van der Waals surface area contributed by atoms with Gasteiger partial charge in [0, 0.05) is 0 Å². The minimum absolute atomic E-state index is 0.158. The molecule has 0 bridgehead atoms. The standard InChI is InChI=1S/C8H16NO5P/c1-4-7-13-15(11,12-6-3)14-9-8(10)5-2/h5H,2,4,6-7H2,1,3H3,(H,9,10). The number of hydrogen-bond donors (Lipinski definition) is 1. The third kappa shape index (κ3) is 6.41. The maximum absolute atomic E-state index is 11.7. The fraction of sp³-hybridized carbons (Fsp3) is 0.625. The van der Waals surface area contributed by atoms with Crippen molar-refractivity contribution in [1.82, 2.24) is 5.48 Å². The Bertz CT molecular complexity index is 255. The highest BCUT2D eigenvalue weighted by molar-refractivity contribution is 7.48. The highest BCUT2D eigenvalue weighted by atomic mass is 31.2. The molecule has 6 nitrogen and oxygen atoms in total. The summed E-state index contributed by atoms with van der Waals surface area (Å²) < 4.78 is 25.9. The van der Waals surface area contributed by atoms with Crippen molar-refractivity contribution in [2.75, 3.05) is 13.2 Å². The van der Waals surface area contributed by atoms with Crippen LogP contribution in [0.25, 0.3) is 0 Å². The van der Waals surface area contributed by atoms with Crippen LogP contribution in [-0.4, -0.2) is 19.1 Å². The summed E-state index contributed by atoms with van der Waals surface area (Å²) >= 11 is 0. The van der Waals surface area contributed by atoms with Crippen molar-refractivity contribution >= 4 is 13.7 Å². The fourth-order valence-electron chi connectivity index (χ4n) is 0.594. The number of hydroxylamine groups is 1. The molecule has 0 aromatic heterocycles. The van der Waals surface area contributed by atoms with Gasteiger partial charge in [0.25, 0.3) is 5.91 Å². The molecule has 15 heavy (non-hydrogen) atoms. The summed E-state index contributed by atoms with van der Waals surface area (Å²) in [6.07, 6.45) is 1.64. The van der Waals surface area contributed by atoms with Crippen molar-refractivity contribution in [3.63, 3.8) is 0 Å². The minimum Gasteiger partial charge on any atom is -0.286 e. The maximum atomic E-state index is 11.7. The molecule has 0 fully saturated rings. The molecule has 0 aromatic rings. The zero-order valence-electron chi connectivity index (χ0n) is 8.89. The van der Waals surface area contributed by atoms with Gasteiger partial charge >= 0.3 is 7.82 Å². The van der Waals surface area contributed by atoms with E-state index in [1.165, 1.54) is 0 Å².